The summed E-state index contributed by atoms with van der Waals surface area (Å²) in [5.41, 5.74) is 16.0. The second kappa shape index (κ2) is 15.7. The summed E-state index contributed by atoms with van der Waals surface area (Å²) in [5, 5.41) is 2.56. The third kappa shape index (κ3) is 6.93. The molecule has 10 rings (SSSR count). The molecule has 0 bridgehead atoms. The minimum Gasteiger partial charge on any atom is -0.338 e. The van der Waals surface area contributed by atoms with Crippen molar-refractivity contribution in [3.05, 3.63) is 222 Å². The first-order valence-electron chi connectivity index (χ1n) is 20.9. The van der Waals surface area contributed by atoms with Crippen molar-refractivity contribution in [3.63, 3.8) is 0 Å². The molecule has 0 saturated heterocycles. The number of fused-ring (bicyclic) bond motifs is 3. The van der Waals surface area contributed by atoms with Crippen LogP contribution in [0, 0.1) is 0 Å². The highest BCUT2D eigenvalue weighted by Crippen LogP contribution is 2.41. The van der Waals surface area contributed by atoms with Gasteiger partial charge in [0.25, 0.3) is 0 Å². The summed E-state index contributed by atoms with van der Waals surface area (Å²) in [5.74, 6) is 0. The normalized spacial score (nSPS) is 19.3. The lowest BCUT2D eigenvalue weighted by atomic mass is 9.86. The van der Waals surface area contributed by atoms with Gasteiger partial charge < -0.3 is 14.4 Å². The second-order valence-electron chi connectivity index (χ2n) is 15.7. The molecule has 0 N–H and O–H groups in total. The Balaban J connectivity index is 0.968. The quantitative estimate of drug-likeness (QED) is 0.149. The molecule has 0 amide bonds. The number of para-hydroxylation sites is 3. The van der Waals surface area contributed by atoms with E-state index < -0.39 is 0 Å². The summed E-state index contributed by atoms with van der Waals surface area (Å²) in [7, 11) is 0. The van der Waals surface area contributed by atoms with E-state index in [2.05, 4.69) is 196 Å². The molecule has 1 aromatic heterocycles. The van der Waals surface area contributed by atoms with Gasteiger partial charge in [-0.15, -0.1) is 0 Å². The van der Waals surface area contributed by atoms with E-state index in [-0.39, 0.29) is 6.04 Å². The molecule has 3 nitrogen and oxygen atoms in total. The van der Waals surface area contributed by atoms with Gasteiger partial charge in [-0.05, 0) is 141 Å². The maximum absolute atomic E-state index is 2.60. The van der Waals surface area contributed by atoms with Gasteiger partial charge in [-0.25, -0.2) is 0 Å². The smallest absolute Gasteiger partial charge is 0.0562 e. The summed E-state index contributed by atoms with van der Waals surface area (Å²) in [4.78, 5) is 5.12. The van der Waals surface area contributed by atoms with E-state index in [1.54, 1.807) is 0 Å². The molecule has 0 saturated carbocycles. The van der Waals surface area contributed by atoms with Crippen LogP contribution in [0.4, 0.5) is 11.4 Å². The standard InChI is InChI=1S/C54H49N3/c1-5-16-40(17-6-1)41-28-32-47(33-29-41)55(44-19-7-2-8-20-44)49-25-15-18-43(38-49)42-30-34-48(35-31-42)56(45-21-9-3-10-22-45)50-36-37-52-51-26-13-14-27-53(51)57(54(52)39-50)46-23-11-4-12-24-46/h1-2,4-5,7-9,11-16,18-28,30,32,34,36-37,39,49H,3,6,10,17,29,31,33,35,38H2. The predicted molar refractivity (Wildman–Crippen MR) is 242 cm³/mol. The number of rotatable bonds is 9. The Morgan fingerprint density at radius 2 is 1.23 bits per heavy atom. The molecule has 0 spiro atoms. The number of anilines is 2. The van der Waals surface area contributed by atoms with E-state index in [9.17, 15) is 0 Å². The lowest BCUT2D eigenvalue weighted by Gasteiger charge is -2.37. The summed E-state index contributed by atoms with van der Waals surface area (Å²) in [6.45, 7) is 0. The van der Waals surface area contributed by atoms with E-state index in [1.165, 1.54) is 78.3 Å². The molecule has 3 heteroatoms. The van der Waals surface area contributed by atoms with Crippen LogP contribution in [0.25, 0.3) is 27.5 Å². The molecule has 57 heavy (non-hydrogen) atoms. The van der Waals surface area contributed by atoms with Gasteiger partial charge in [-0.1, -0.05) is 121 Å². The van der Waals surface area contributed by atoms with E-state index in [0.717, 1.165) is 57.8 Å². The zero-order valence-corrected chi connectivity index (χ0v) is 32.6. The van der Waals surface area contributed by atoms with Gasteiger partial charge in [-0.3, -0.25) is 0 Å². The molecule has 0 radical (unpaired) electrons. The first kappa shape index (κ1) is 35.1. The van der Waals surface area contributed by atoms with Crippen molar-refractivity contribution in [3.8, 4) is 5.69 Å². The maximum Gasteiger partial charge on any atom is 0.0562 e. The molecule has 280 valence electrons. The largest absolute Gasteiger partial charge is 0.338 e. The van der Waals surface area contributed by atoms with Gasteiger partial charge in [-0.2, -0.15) is 0 Å². The monoisotopic (exact) mass is 739 g/mol. The van der Waals surface area contributed by atoms with Crippen LogP contribution in [-0.4, -0.2) is 10.6 Å². The molecule has 1 heterocycles. The van der Waals surface area contributed by atoms with E-state index in [4.69, 9.17) is 0 Å². The van der Waals surface area contributed by atoms with Crippen LogP contribution in [0.2, 0.25) is 0 Å². The van der Waals surface area contributed by atoms with Crippen molar-refractivity contribution in [2.75, 3.05) is 9.80 Å². The van der Waals surface area contributed by atoms with Crippen molar-refractivity contribution in [2.24, 2.45) is 0 Å². The highest BCUT2D eigenvalue weighted by atomic mass is 15.2. The minimum absolute atomic E-state index is 0.258. The number of nitrogens with zero attached hydrogens (tertiary/aromatic N) is 3. The van der Waals surface area contributed by atoms with Crippen molar-refractivity contribution in [1.29, 1.82) is 0 Å². The number of hydrogen-bond acceptors (Lipinski definition) is 2. The Hall–Kier alpha value is -6.32. The van der Waals surface area contributed by atoms with E-state index in [0.29, 0.717) is 0 Å². The first-order chi connectivity index (χ1) is 28.3. The van der Waals surface area contributed by atoms with Gasteiger partial charge >= 0.3 is 0 Å². The van der Waals surface area contributed by atoms with Gasteiger partial charge in [0.2, 0.25) is 0 Å². The van der Waals surface area contributed by atoms with Crippen LogP contribution in [0.1, 0.15) is 57.8 Å². The summed E-state index contributed by atoms with van der Waals surface area (Å²) < 4.78 is 2.42. The molecule has 0 aliphatic heterocycles. The molecular weight excluding hydrogens is 691 g/mol. The van der Waals surface area contributed by atoms with Crippen LogP contribution < -0.4 is 9.80 Å². The lowest BCUT2D eigenvalue weighted by molar-refractivity contribution is 0.693. The third-order valence-electron chi connectivity index (χ3n) is 12.3. The molecule has 0 fully saturated rings. The molecule has 5 aromatic rings. The topological polar surface area (TPSA) is 11.4 Å². The maximum atomic E-state index is 2.60. The molecule has 5 aliphatic carbocycles. The van der Waals surface area contributed by atoms with Gasteiger partial charge in [0.1, 0.15) is 0 Å². The van der Waals surface area contributed by atoms with Crippen molar-refractivity contribution < 1.29 is 0 Å². The summed E-state index contributed by atoms with van der Waals surface area (Å²) in [6, 6.07) is 37.9. The minimum atomic E-state index is 0.258. The van der Waals surface area contributed by atoms with Gasteiger partial charge in [0.05, 0.1) is 17.1 Å². The Labute approximate surface area is 337 Å². The average molecular weight is 740 g/mol. The second-order valence-corrected chi connectivity index (χ2v) is 15.7. The molecule has 1 atom stereocenters. The Morgan fingerprint density at radius 1 is 0.509 bits per heavy atom. The van der Waals surface area contributed by atoms with Crippen molar-refractivity contribution in [1.82, 2.24) is 4.57 Å². The van der Waals surface area contributed by atoms with E-state index in [1.807, 2.05) is 0 Å². The number of allylic oxidation sites excluding steroid dienone is 17. The van der Waals surface area contributed by atoms with Crippen LogP contribution in [0.15, 0.2) is 222 Å². The van der Waals surface area contributed by atoms with Gasteiger partial charge in [0, 0.05) is 44.9 Å². The Bertz CT molecular complexity index is 2650. The van der Waals surface area contributed by atoms with Gasteiger partial charge in [0.15, 0.2) is 0 Å². The first-order valence-corrected chi connectivity index (χ1v) is 20.9. The summed E-state index contributed by atoms with van der Waals surface area (Å²) in [6.07, 6.45) is 40.1. The average Bonchev–Trinajstić information content (AvgIpc) is 3.62. The predicted octanol–water partition coefficient (Wildman–Crippen LogP) is 14.1. The van der Waals surface area contributed by atoms with Crippen LogP contribution in [0.3, 0.4) is 0 Å². The summed E-state index contributed by atoms with van der Waals surface area (Å²) >= 11 is 0. The van der Waals surface area contributed by atoms with Crippen LogP contribution in [-0.2, 0) is 0 Å². The fraction of sp³-hybridized carbons (Fsp3) is 0.185. The number of hydrogen-bond donors (Lipinski definition) is 0. The van der Waals surface area contributed by atoms with E-state index >= 15 is 0 Å². The number of aromatic nitrogens is 1. The Morgan fingerprint density at radius 3 is 1.98 bits per heavy atom. The Kier molecular flexibility index (Phi) is 9.65. The van der Waals surface area contributed by atoms with Crippen LogP contribution >= 0.6 is 0 Å². The molecule has 5 aliphatic rings. The highest BCUT2D eigenvalue weighted by Gasteiger charge is 2.27. The van der Waals surface area contributed by atoms with Crippen molar-refractivity contribution >= 4 is 33.2 Å². The number of benzene rings is 4. The third-order valence-corrected chi connectivity index (χ3v) is 12.3. The van der Waals surface area contributed by atoms with Crippen molar-refractivity contribution in [2.45, 2.75) is 63.8 Å². The zero-order chi connectivity index (χ0) is 38.0. The zero-order valence-electron chi connectivity index (χ0n) is 32.6. The fourth-order valence-electron chi connectivity index (χ4n) is 9.48. The molecule has 4 aromatic carbocycles. The highest BCUT2D eigenvalue weighted by molar-refractivity contribution is 6.10. The lowest BCUT2D eigenvalue weighted by Crippen LogP contribution is -2.35. The molecular formula is C54H49N3. The SMILES string of the molecule is C1=CCCC(C2=CC=C(N(c3ccccc3)C3C=CC=C(C4=CC=C(N(C5=CCCC=C5)c5ccc6c7ccccc7n(-c7ccccc7)c6c5)CC4)C3)CC2)=C1. The molecule has 1 unspecified atom stereocenters. The fourth-order valence-corrected chi connectivity index (χ4v) is 9.48. The van der Waals surface area contributed by atoms with Crippen LogP contribution in [0.5, 0.6) is 0 Å².